The fraction of sp³-hybridized carbons (Fsp3) is 0.556. The van der Waals surface area contributed by atoms with Crippen molar-refractivity contribution in [3.63, 3.8) is 0 Å². The number of pyridine rings is 1. The molecule has 0 aliphatic heterocycles. The van der Waals surface area contributed by atoms with E-state index >= 15 is 0 Å². The zero-order chi connectivity index (χ0) is 15.5. The second kappa shape index (κ2) is 10.1. The van der Waals surface area contributed by atoms with Gasteiger partial charge in [0.15, 0.2) is 0 Å². The number of allylic oxidation sites excluding steroid dienone is 1. The van der Waals surface area contributed by atoms with Gasteiger partial charge < -0.3 is 4.90 Å². The van der Waals surface area contributed by atoms with Gasteiger partial charge in [0, 0.05) is 31.6 Å². The zero-order valence-corrected chi connectivity index (χ0v) is 13.6. The van der Waals surface area contributed by atoms with Gasteiger partial charge in [-0.05, 0) is 31.4 Å². The van der Waals surface area contributed by atoms with Gasteiger partial charge in [-0.2, -0.15) is 0 Å². The van der Waals surface area contributed by atoms with Gasteiger partial charge in [-0.1, -0.05) is 44.7 Å². The van der Waals surface area contributed by atoms with Crippen LogP contribution in [0.3, 0.4) is 0 Å². The van der Waals surface area contributed by atoms with Crippen molar-refractivity contribution in [1.29, 1.82) is 0 Å². The largest absolute Gasteiger partial charge is 0.338 e. The van der Waals surface area contributed by atoms with Crippen LogP contribution in [0.5, 0.6) is 0 Å². The number of hydrogen-bond acceptors (Lipinski definition) is 2. The third-order valence-corrected chi connectivity index (χ3v) is 3.66. The van der Waals surface area contributed by atoms with E-state index in [0.717, 1.165) is 24.0 Å². The Bertz CT molecular complexity index is 440. The third-order valence-electron chi connectivity index (χ3n) is 3.66. The smallest absolute Gasteiger partial charge is 0.249 e. The molecule has 21 heavy (non-hydrogen) atoms. The van der Waals surface area contributed by atoms with Crippen molar-refractivity contribution < 1.29 is 4.79 Å². The number of hydrogen-bond donors (Lipinski definition) is 0. The first-order chi connectivity index (χ1) is 10.2. The van der Waals surface area contributed by atoms with Crippen molar-refractivity contribution in [2.75, 3.05) is 7.05 Å². The predicted molar refractivity (Wildman–Crippen MR) is 87.8 cm³/mol. The standard InChI is InChI=1S/C18H28N2O/c1-4-6-7-8-9-12-17(5-2)18(21)20(3)15-16-11-10-13-19-14-16/h5,10-11,13-14H,4,6-9,12,15H2,1-3H3. The summed E-state index contributed by atoms with van der Waals surface area (Å²) in [5, 5.41) is 0. The van der Waals surface area contributed by atoms with Crippen LogP contribution in [-0.4, -0.2) is 22.8 Å². The van der Waals surface area contributed by atoms with Gasteiger partial charge in [0.2, 0.25) is 5.91 Å². The summed E-state index contributed by atoms with van der Waals surface area (Å²) >= 11 is 0. The van der Waals surface area contributed by atoms with Crippen molar-refractivity contribution >= 4 is 5.91 Å². The number of carbonyl (C=O) groups excluding carboxylic acids is 1. The maximum absolute atomic E-state index is 12.4. The summed E-state index contributed by atoms with van der Waals surface area (Å²) in [6.45, 7) is 4.78. The lowest BCUT2D eigenvalue weighted by molar-refractivity contribution is -0.126. The van der Waals surface area contributed by atoms with Gasteiger partial charge in [0.1, 0.15) is 0 Å². The molecule has 0 fully saturated rings. The number of nitrogens with zero attached hydrogens (tertiary/aromatic N) is 2. The van der Waals surface area contributed by atoms with Gasteiger partial charge >= 0.3 is 0 Å². The molecule has 1 aromatic rings. The highest BCUT2D eigenvalue weighted by Gasteiger charge is 2.13. The van der Waals surface area contributed by atoms with Crippen molar-refractivity contribution in [2.45, 2.75) is 58.9 Å². The molecule has 0 aliphatic carbocycles. The maximum Gasteiger partial charge on any atom is 0.249 e. The molecule has 116 valence electrons. The van der Waals surface area contributed by atoms with Crippen LogP contribution >= 0.6 is 0 Å². The lowest BCUT2D eigenvalue weighted by atomic mass is 10.0. The van der Waals surface area contributed by atoms with E-state index in [9.17, 15) is 4.79 Å². The molecule has 1 aromatic heterocycles. The minimum Gasteiger partial charge on any atom is -0.338 e. The molecule has 0 unspecified atom stereocenters. The Hall–Kier alpha value is -1.64. The van der Waals surface area contributed by atoms with E-state index in [0.29, 0.717) is 6.54 Å². The monoisotopic (exact) mass is 288 g/mol. The molecule has 0 atom stereocenters. The first kappa shape index (κ1) is 17.4. The van der Waals surface area contributed by atoms with E-state index in [4.69, 9.17) is 0 Å². The summed E-state index contributed by atoms with van der Waals surface area (Å²) in [7, 11) is 1.86. The van der Waals surface area contributed by atoms with E-state index in [1.165, 1.54) is 25.7 Å². The zero-order valence-electron chi connectivity index (χ0n) is 13.6. The molecular weight excluding hydrogens is 260 g/mol. The van der Waals surface area contributed by atoms with E-state index in [-0.39, 0.29) is 5.91 Å². The highest BCUT2D eigenvalue weighted by Crippen LogP contribution is 2.14. The van der Waals surface area contributed by atoms with Crippen molar-refractivity contribution in [1.82, 2.24) is 9.88 Å². The molecule has 0 N–H and O–H groups in total. The molecule has 1 heterocycles. The Morgan fingerprint density at radius 1 is 1.29 bits per heavy atom. The summed E-state index contributed by atoms with van der Waals surface area (Å²) in [6.07, 6.45) is 12.5. The van der Waals surface area contributed by atoms with Crippen molar-refractivity contribution in [2.24, 2.45) is 0 Å². The van der Waals surface area contributed by atoms with E-state index in [1.807, 2.05) is 38.4 Å². The van der Waals surface area contributed by atoms with Gasteiger partial charge in [-0.15, -0.1) is 0 Å². The van der Waals surface area contributed by atoms with Crippen LogP contribution in [0.15, 0.2) is 36.2 Å². The molecule has 0 saturated carbocycles. The average Bonchev–Trinajstić information content (AvgIpc) is 2.51. The highest BCUT2D eigenvalue weighted by molar-refractivity contribution is 5.93. The number of aromatic nitrogens is 1. The molecule has 0 spiro atoms. The molecule has 0 saturated heterocycles. The lowest BCUT2D eigenvalue weighted by Gasteiger charge is -2.19. The molecule has 1 amide bonds. The maximum atomic E-state index is 12.4. The summed E-state index contributed by atoms with van der Waals surface area (Å²) in [5.74, 6) is 0.136. The first-order valence-corrected chi connectivity index (χ1v) is 7.98. The third kappa shape index (κ3) is 6.56. The summed E-state index contributed by atoms with van der Waals surface area (Å²) < 4.78 is 0. The quantitative estimate of drug-likeness (QED) is 0.500. The van der Waals surface area contributed by atoms with Crippen LogP contribution in [0.4, 0.5) is 0 Å². The Labute approximate surface area is 129 Å². The highest BCUT2D eigenvalue weighted by atomic mass is 16.2. The molecule has 0 radical (unpaired) electrons. The molecule has 0 bridgehead atoms. The number of likely N-dealkylation sites (N-methyl/N-ethyl adjacent to an activating group) is 1. The Morgan fingerprint density at radius 2 is 2.05 bits per heavy atom. The minimum absolute atomic E-state index is 0.136. The normalized spacial score (nSPS) is 11.5. The molecule has 3 heteroatoms. The molecular formula is C18H28N2O. The summed E-state index contributed by atoms with van der Waals surface area (Å²) in [5.41, 5.74) is 1.99. The topological polar surface area (TPSA) is 33.2 Å². The van der Waals surface area contributed by atoms with Crippen LogP contribution in [0.2, 0.25) is 0 Å². The number of rotatable bonds is 9. The number of unbranched alkanes of at least 4 members (excludes halogenated alkanes) is 4. The fourth-order valence-electron chi connectivity index (χ4n) is 2.38. The van der Waals surface area contributed by atoms with Crippen molar-refractivity contribution in [3.8, 4) is 0 Å². The van der Waals surface area contributed by atoms with Crippen LogP contribution in [0, 0.1) is 0 Å². The number of carbonyl (C=O) groups is 1. The molecule has 0 aromatic carbocycles. The van der Waals surface area contributed by atoms with Gasteiger partial charge in [-0.25, -0.2) is 0 Å². The van der Waals surface area contributed by atoms with Crippen molar-refractivity contribution in [3.05, 3.63) is 41.7 Å². The Morgan fingerprint density at radius 3 is 2.67 bits per heavy atom. The second-order valence-electron chi connectivity index (χ2n) is 5.50. The molecule has 3 nitrogen and oxygen atoms in total. The summed E-state index contributed by atoms with van der Waals surface area (Å²) in [6, 6.07) is 3.90. The Balaban J connectivity index is 2.43. The fourth-order valence-corrected chi connectivity index (χ4v) is 2.38. The molecule has 1 rings (SSSR count). The van der Waals surface area contributed by atoms with E-state index in [2.05, 4.69) is 11.9 Å². The average molecular weight is 288 g/mol. The first-order valence-electron chi connectivity index (χ1n) is 7.98. The van der Waals surface area contributed by atoms with Gasteiger partial charge in [0.05, 0.1) is 0 Å². The van der Waals surface area contributed by atoms with Crippen LogP contribution in [0.1, 0.15) is 57.9 Å². The summed E-state index contributed by atoms with van der Waals surface area (Å²) in [4.78, 5) is 18.3. The second-order valence-corrected chi connectivity index (χ2v) is 5.50. The van der Waals surface area contributed by atoms with E-state index < -0.39 is 0 Å². The Kier molecular flexibility index (Phi) is 8.41. The molecule has 0 aliphatic rings. The van der Waals surface area contributed by atoms with Gasteiger partial charge in [0.25, 0.3) is 0 Å². The number of amides is 1. The van der Waals surface area contributed by atoms with E-state index in [1.54, 1.807) is 11.1 Å². The van der Waals surface area contributed by atoms with Crippen LogP contribution in [0.25, 0.3) is 0 Å². The lowest BCUT2D eigenvalue weighted by Crippen LogP contribution is -2.27. The van der Waals surface area contributed by atoms with Crippen LogP contribution < -0.4 is 0 Å². The predicted octanol–water partition coefficient (Wildman–Crippen LogP) is 4.35. The van der Waals surface area contributed by atoms with Crippen LogP contribution in [-0.2, 0) is 11.3 Å². The SMILES string of the molecule is CC=C(CCCCCCC)C(=O)N(C)Cc1cccnc1. The van der Waals surface area contributed by atoms with Gasteiger partial charge in [-0.3, -0.25) is 9.78 Å². The minimum atomic E-state index is 0.136.